The van der Waals surface area contributed by atoms with Gasteiger partial charge in [0.25, 0.3) is 11.8 Å². The Morgan fingerprint density at radius 3 is 2.34 bits per heavy atom. The molecule has 0 bridgehead atoms. The van der Waals surface area contributed by atoms with E-state index in [1.54, 1.807) is 5.38 Å². The maximum atomic E-state index is 12.7. The number of para-hydroxylation sites is 1. The van der Waals surface area contributed by atoms with Crippen molar-refractivity contribution in [1.29, 1.82) is 0 Å². The molecule has 0 spiro atoms. The highest BCUT2D eigenvalue weighted by molar-refractivity contribution is 7.13. The van der Waals surface area contributed by atoms with Crippen molar-refractivity contribution in [2.24, 2.45) is 0 Å². The third-order valence-corrected chi connectivity index (χ3v) is 5.83. The maximum absolute atomic E-state index is 12.7. The van der Waals surface area contributed by atoms with Gasteiger partial charge in [0.1, 0.15) is 10.7 Å². The van der Waals surface area contributed by atoms with E-state index in [4.69, 9.17) is 0 Å². The quantitative estimate of drug-likeness (QED) is 0.721. The Morgan fingerprint density at radius 2 is 1.66 bits per heavy atom. The Hall–Kier alpha value is -3.03. The van der Waals surface area contributed by atoms with Gasteiger partial charge in [0.05, 0.1) is 0 Å². The van der Waals surface area contributed by atoms with Crippen LogP contribution in [0.25, 0.3) is 10.6 Å². The van der Waals surface area contributed by atoms with Crippen molar-refractivity contribution < 1.29 is 9.59 Å². The second kappa shape index (κ2) is 8.55. The number of likely N-dealkylation sites (N-methyl/N-ethyl adjacent to an activating group) is 1. The summed E-state index contributed by atoms with van der Waals surface area (Å²) in [6.07, 6.45) is 0. The highest BCUT2D eigenvalue weighted by Crippen LogP contribution is 2.25. The van der Waals surface area contributed by atoms with Crippen molar-refractivity contribution >= 4 is 28.8 Å². The Balaban J connectivity index is 1.43. The number of amides is 2. The zero-order chi connectivity index (χ0) is 20.2. The number of aromatic nitrogens is 1. The second-order valence-electron chi connectivity index (χ2n) is 7.03. The summed E-state index contributed by atoms with van der Waals surface area (Å²) in [6, 6.07) is 16.8. The van der Waals surface area contributed by atoms with Crippen LogP contribution in [0.3, 0.4) is 0 Å². The number of nitrogens with one attached hydrogen (secondary N) is 1. The minimum Gasteiger partial charge on any atom is -0.336 e. The molecule has 0 radical (unpaired) electrons. The molecule has 1 saturated heterocycles. The van der Waals surface area contributed by atoms with Gasteiger partial charge in [-0.2, -0.15) is 0 Å². The van der Waals surface area contributed by atoms with E-state index in [0.29, 0.717) is 11.3 Å². The van der Waals surface area contributed by atoms with E-state index in [9.17, 15) is 9.59 Å². The van der Waals surface area contributed by atoms with Crippen molar-refractivity contribution in [3.8, 4) is 10.6 Å². The number of carbonyl (C=O) groups excluding carboxylic acids is 2. The molecule has 3 aromatic rings. The zero-order valence-corrected chi connectivity index (χ0v) is 17.0. The number of carbonyl (C=O) groups is 2. The second-order valence-corrected chi connectivity index (χ2v) is 7.89. The molecule has 0 aliphatic carbocycles. The predicted molar refractivity (Wildman–Crippen MR) is 115 cm³/mol. The van der Waals surface area contributed by atoms with E-state index in [-0.39, 0.29) is 11.8 Å². The van der Waals surface area contributed by atoms with Crippen molar-refractivity contribution in [1.82, 2.24) is 14.8 Å². The summed E-state index contributed by atoms with van der Waals surface area (Å²) in [5.41, 5.74) is 2.69. The fourth-order valence-electron chi connectivity index (χ4n) is 3.17. The SMILES string of the molecule is CN1CCN(C(=O)c2ccc(-c3nc(C(=O)Nc4ccccc4)cs3)cc2)CC1. The van der Waals surface area contributed by atoms with E-state index in [1.807, 2.05) is 59.5 Å². The first kappa shape index (κ1) is 19.3. The number of thiazole rings is 1. The summed E-state index contributed by atoms with van der Waals surface area (Å²) in [6.45, 7) is 3.31. The summed E-state index contributed by atoms with van der Waals surface area (Å²) >= 11 is 1.41. The van der Waals surface area contributed by atoms with Gasteiger partial charge in [0, 0.05) is 48.4 Å². The molecule has 2 heterocycles. The molecule has 29 heavy (non-hydrogen) atoms. The minimum atomic E-state index is -0.236. The monoisotopic (exact) mass is 406 g/mol. The lowest BCUT2D eigenvalue weighted by molar-refractivity contribution is 0.0664. The van der Waals surface area contributed by atoms with E-state index >= 15 is 0 Å². The normalized spacial score (nSPS) is 14.6. The number of benzene rings is 2. The predicted octanol–water partition coefficient (Wildman–Crippen LogP) is 3.45. The molecule has 1 fully saturated rings. The smallest absolute Gasteiger partial charge is 0.275 e. The van der Waals surface area contributed by atoms with Crippen molar-refractivity contribution in [3.63, 3.8) is 0 Å². The van der Waals surface area contributed by atoms with E-state index in [1.165, 1.54) is 11.3 Å². The van der Waals surface area contributed by atoms with Gasteiger partial charge in [0.15, 0.2) is 0 Å². The van der Waals surface area contributed by atoms with Crippen molar-refractivity contribution in [2.75, 3.05) is 38.5 Å². The Bertz CT molecular complexity index is 993. The molecule has 1 aliphatic heterocycles. The van der Waals surface area contributed by atoms with Crippen LogP contribution in [-0.4, -0.2) is 59.8 Å². The van der Waals surface area contributed by atoms with Gasteiger partial charge in [-0.25, -0.2) is 4.98 Å². The first-order valence-electron chi connectivity index (χ1n) is 9.50. The first-order chi connectivity index (χ1) is 14.1. The van der Waals surface area contributed by atoms with Crippen LogP contribution >= 0.6 is 11.3 Å². The molecule has 148 valence electrons. The number of piperazine rings is 1. The first-order valence-corrected chi connectivity index (χ1v) is 10.4. The van der Waals surface area contributed by atoms with E-state index < -0.39 is 0 Å². The molecule has 1 aromatic heterocycles. The van der Waals surface area contributed by atoms with Gasteiger partial charge in [-0.05, 0) is 31.3 Å². The molecular formula is C22H22N4O2S. The fraction of sp³-hybridized carbons (Fsp3) is 0.227. The molecule has 0 saturated carbocycles. The van der Waals surface area contributed by atoms with Crippen LogP contribution in [0.5, 0.6) is 0 Å². The van der Waals surface area contributed by atoms with Crippen LogP contribution in [-0.2, 0) is 0 Å². The van der Waals surface area contributed by atoms with Crippen LogP contribution in [0.1, 0.15) is 20.8 Å². The number of nitrogens with zero attached hydrogens (tertiary/aromatic N) is 3. The summed E-state index contributed by atoms with van der Waals surface area (Å²) in [7, 11) is 2.07. The van der Waals surface area contributed by atoms with Crippen LogP contribution in [0.4, 0.5) is 5.69 Å². The van der Waals surface area contributed by atoms with Gasteiger partial charge in [-0.1, -0.05) is 30.3 Å². The summed E-state index contributed by atoms with van der Waals surface area (Å²) in [4.78, 5) is 33.6. The van der Waals surface area contributed by atoms with Crippen molar-refractivity contribution in [2.45, 2.75) is 0 Å². The number of anilines is 1. The molecule has 2 aromatic carbocycles. The fourth-order valence-corrected chi connectivity index (χ4v) is 3.98. The van der Waals surface area contributed by atoms with Crippen LogP contribution in [0, 0.1) is 0 Å². The summed E-state index contributed by atoms with van der Waals surface area (Å²) in [5.74, 6) is -0.174. The van der Waals surface area contributed by atoms with Gasteiger partial charge in [0.2, 0.25) is 0 Å². The molecule has 6 nitrogen and oxygen atoms in total. The average Bonchev–Trinajstić information content (AvgIpc) is 3.25. The van der Waals surface area contributed by atoms with Gasteiger partial charge in [-0.3, -0.25) is 9.59 Å². The topological polar surface area (TPSA) is 65.5 Å². The third kappa shape index (κ3) is 4.52. The highest BCUT2D eigenvalue weighted by atomic mass is 32.1. The summed E-state index contributed by atoms with van der Waals surface area (Å²) in [5, 5.41) is 5.34. The van der Waals surface area contributed by atoms with E-state index in [2.05, 4.69) is 22.2 Å². The van der Waals surface area contributed by atoms with E-state index in [0.717, 1.165) is 42.4 Å². The molecule has 2 amide bonds. The molecule has 0 unspecified atom stereocenters. The lowest BCUT2D eigenvalue weighted by Crippen LogP contribution is -2.47. The third-order valence-electron chi connectivity index (χ3n) is 4.94. The number of hydrogen-bond donors (Lipinski definition) is 1. The average molecular weight is 407 g/mol. The number of rotatable bonds is 4. The van der Waals surface area contributed by atoms with Gasteiger partial charge >= 0.3 is 0 Å². The molecule has 1 N–H and O–H groups in total. The molecular weight excluding hydrogens is 384 g/mol. The standard InChI is InChI=1S/C22H22N4O2S/c1-25-11-13-26(14-12-25)22(28)17-9-7-16(8-10-17)21-24-19(15-29-21)20(27)23-18-5-3-2-4-6-18/h2-10,15H,11-14H2,1H3,(H,23,27). The summed E-state index contributed by atoms with van der Waals surface area (Å²) < 4.78 is 0. The molecule has 1 aliphatic rings. The Kier molecular flexibility index (Phi) is 5.69. The lowest BCUT2D eigenvalue weighted by atomic mass is 10.1. The van der Waals surface area contributed by atoms with Crippen LogP contribution in [0.15, 0.2) is 60.0 Å². The lowest BCUT2D eigenvalue weighted by Gasteiger charge is -2.32. The molecule has 0 atom stereocenters. The van der Waals surface area contributed by atoms with Crippen LogP contribution < -0.4 is 5.32 Å². The largest absolute Gasteiger partial charge is 0.336 e. The Morgan fingerprint density at radius 1 is 0.966 bits per heavy atom. The van der Waals surface area contributed by atoms with Gasteiger partial charge in [-0.15, -0.1) is 11.3 Å². The maximum Gasteiger partial charge on any atom is 0.275 e. The van der Waals surface area contributed by atoms with Crippen LogP contribution in [0.2, 0.25) is 0 Å². The molecule has 7 heteroatoms. The zero-order valence-electron chi connectivity index (χ0n) is 16.2. The minimum absolute atomic E-state index is 0.0618. The molecule has 4 rings (SSSR count). The van der Waals surface area contributed by atoms with Gasteiger partial charge < -0.3 is 15.1 Å². The van der Waals surface area contributed by atoms with Crippen molar-refractivity contribution in [3.05, 3.63) is 71.2 Å². The Labute approximate surface area is 173 Å². The highest BCUT2D eigenvalue weighted by Gasteiger charge is 2.20. The number of hydrogen-bond acceptors (Lipinski definition) is 5.